The number of hydroxylamine groups is 2. The first kappa shape index (κ1) is 38.4. The fourth-order valence-electron chi connectivity index (χ4n) is 10.1. The molecule has 9 heteroatoms. The first-order valence-corrected chi connectivity index (χ1v) is 19.9. The van der Waals surface area contributed by atoms with Gasteiger partial charge in [0.05, 0.1) is 25.8 Å². The number of hydrogen-bond acceptors (Lipinski definition) is 7. The number of aliphatic hydroxyl groups is 1. The predicted octanol–water partition coefficient (Wildman–Crippen LogP) is 6.98. The van der Waals surface area contributed by atoms with E-state index in [4.69, 9.17) is 14.3 Å². The molecule has 0 spiro atoms. The van der Waals surface area contributed by atoms with E-state index in [2.05, 4.69) is 63.5 Å². The van der Waals surface area contributed by atoms with E-state index in [1.807, 2.05) is 56.3 Å². The highest BCUT2D eigenvalue weighted by Crippen LogP contribution is 2.61. The summed E-state index contributed by atoms with van der Waals surface area (Å²) >= 11 is 0. The lowest BCUT2D eigenvalue weighted by atomic mass is 9.45. The van der Waals surface area contributed by atoms with Gasteiger partial charge in [0.25, 0.3) is 5.91 Å². The molecule has 54 heavy (non-hydrogen) atoms. The van der Waals surface area contributed by atoms with Crippen LogP contribution in [0.2, 0.25) is 0 Å². The van der Waals surface area contributed by atoms with Crippen molar-refractivity contribution in [3.8, 4) is 22.6 Å². The number of rotatable bonds is 12. The van der Waals surface area contributed by atoms with Crippen molar-refractivity contribution >= 4 is 11.8 Å². The van der Waals surface area contributed by atoms with Crippen molar-refractivity contribution in [1.29, 1.82) is 0 Å². The van der Waals surface area contributed by atoms with Gasteiger partial charge in [-0.1, -0.05) is 83.1 Å². The van der Waals surface area contributed by atoms with Crippen molar-refractivity contribution in [2.24, 2.45) is 35.0 Å². The quantitative estimate of drug-likeness (QED) is 0.184. The number of ether oxygens (including phenoxy) is 2. The van der Waals surface area contributed by atoms with Crippen LogP contribution in [0, 0.1) is 35.0 Å². The number of methoxy groups -OCH3 is 1. The lowest BCUT2D eigenvalue weighted by Crippen LogP contribution is -2.62. The number of nitrogens with zero attached hydrogens (tertiary/aromatic N) is 1. The minimum absolute atomic E-state index is 0.0418. The van der Waals surface area contributed by atoms with Crippen molar-refractivity contribution in [2.45, 2.75) is 104 Å². The summed E-state index contributed by atoms with van der Waals surface area (Å²) in [6, 6.07) is 19.6. The largest absolute Gasteiger partial charge is 0.496 e. The van der Waals surface area contributed by atoms with E-state index in [1.165, 1.54) is 6.42 Å². The molecule has 3 aromatic carbocycles. The van der Waals surface area contributed by atoms with Crippen molar-refractivity contribution in [3.63, 3.8) is 0 Å². The van der Waals surface area contributed by atoms with Crippen LogP contribution in [0.5, 0.6) is 11.5 Å². The number of carbonyl (C=O) groups excluding carboxylic acids is 2. The third kappa shape index (κ3) is 7.15. The van der Waals surface area contributed by atoms with E-state index in [-0.39, 0.29) is 42.8 Å². The highest BCUT2D eigenvalue weighted by molar-refractivity contribution is 5.99. The Labute approximate surface area is 321 Å². The summed E-state index contributed by atoms with van der Waals surface area (Å²) in [5, 5.41) is 18.8. The number of carbonyl (C=O) groups is 2. The molecular weight excluding hydrogens is 679 g/mol. The van der Waals surface area contributed by atoms with Gasteiger partial charge in [-0.25, -0.2) is 0 Å². The summed E-state index contributed by atoms with van der Waals surface area (Å²) in [5.41, 5.74) is 5.02. The Morgan fingerprint density at radius 3 is 2.46 bits per heavy atom. The number of amides is 2. The molecule has 5 aliphatic rings. The monoisotopic (exact) mass is 737 g/mol. The highest BCUT2D eigenvalue weighted by Gasteiger charge is 2.57. The van der Waals surface area contributed by atoms with Crippen LogP contribution in [0.25, 0.3) is 11.1 Å². The van der Waals surface area contributed by atoms with Crippen LogP contribution < -0.4 is 20.1 Å². The third-order valence-corrected chi connectivity index (χ3v) is 13.2. The Balaban J connectivity index is 1.17. The maximum absolute atomic E-state index is 14.4. The van der Waals surface area contributed by atoms with E-state index in [1.54, 1.807) is 12.2 Å². The van der Waals surface area contributed by atoms with Crippen molar-refractivity contribution in [1.82, 2.24) is 15.7 Å². The Bertz CT molecular complexity index is 1860. The van der Waals surface area contributed by atoms with Gasteiger partial charge in [0.15, 0.2) is 0 Å². The number of aliphatic hydroxyl groups excluding tert-OH is 1. The van der Waals surface area contributed by atoms with Crippen LogP contribution in [0.3, 0.4) is 0 Å². The molecule has 2 aliphatic heterocycles. The number of fused-ring (bicyclic) bond motifs is 3. The molecular formula is C45H59N3O6. The van der Waals surface area contributed by atoms with E-state index in [9.17, 15) is 14.7 Å². The standard InChI is InChI=1S/C45H59N3O6/c1-26(2)38-37(25-49)54-48(39(38)43(51)47-36-22-32-21-35(27(36)3)45(32,6)7)24-29-15-12-16-33(40(29)52-8)30-19-31-23-44(4,5)53-41(31)34(20-30)42(50)46-18-17-28-13-10-9-11-14-28/h9-16,19-20,26-27,32,35-39,49H,17-18,21-25H2,1-8H3,(H,46,50)(H,47,51)/t27-,32+,35-,36-,37-,38-,39-/m0/s1. The lowest BCUT2D eigenvalue weighted by Gasteiger charge is -2.62. The number of nitrogens with one attached hydrogen (secondary N) is 2. The molecule has 290 valence electrons. The zero-order valence-electron chi connectivity index (χ0n) is 33.3. The SMILES string of the molecule is COc1c(CN2O[C@@H](CO)[C@H](C(C)C)[C@H]2C(=O)N[C@H]2C[C@H]3C[C@@H]([C@@H]2C)C3(C)C)cccc1-c1cc2c(c(C(=O)NCCc3ccccc3)c1)OC(C)(C)C2. The lowest BCUT2D eigenvalue weighted by molar-refractivity contribution is -0.183. The zero-order chi connectivity index (χ0) is 38.5. The summed E-state index contributed by atoms with van der Waals surface area (Å²) in [6.07, 6.45) is 3.12. The maximum Gasteiger partial charge on any atom is 0.255 e. The fourth-order valence-corrected chi connectivity index (χ4v) is 10.1. The van der Waals surface area contributed by atoms with Gasteiger partial charge in [-0.2, -0.15) is 5.06 Å². The van der Waals surface area contributed by atoms with Crippen LogP contribution in [0.4, 0.5) is 0 Å². The molecule has 8 rings (SSSR count). The van der Waals surface area contributed by atoms with Gasteiger partial charge >= 0.3 is 0 Å². The van der Waals surface area contributed by atoms with Crippen LogP contribution in [-0.2, 0) is 29.0 Å². The summed E-state index contributed by atoms with van der Waals surface area (Å²) in [6.45, 7) is 15.9. The minimum Gasteiger partial charge on any atom is -0.496 e. The summed E-state index contributed by atoms with van der Waals surface area (Å²) < 4.78 is 12.5. The molecule has 0 radical (unpaired) electrons. The van der Waals surface area contributed by atoms with Gasteiger partial charge in [0, 0.05) is 36.1 Å². The predicted molar refractivity (Wildman–Crippen MR) is 210 cm³/mol. The van der Waals surface area contributed by atoms with E-state index >= 15 is 0 Å². The number of hydrogen-bond donors (Lipinski definition) is 3. The first-order chi connectivity index (χ1) is 25.7. The Morgan fingerprint density at radius 1 is 1.04 bits per heavy atom. The van der Waals surface area contributed by atoms with Gasteiger partial charge in [-0.15, -0.1) is 0 Å². The third-order valence-electron chi connectivity index (χ3n) is 13.2. The van der Waals surface area contributed by atoms with E-state index in [0.29, 0.717) is 53.2 Å². The van der Waals surface area contributed by atoms with Crippen molar-refractivity contribution in [3.05, 3.63) is 82.9 Å². The second-order valence-corrected chi connectivity index (χ2v) is 17.8. The van der Waals surface area contributed by atoms with E-state index in [0.717, 1.165) is 40.7 Å². The van der Waals surface area contributed by atoms with Crippen molar-refractivity contribution < 1.29 is 29.0 Å². The molecule has 9 nitrogen and oxygen atoms in total. The number of benzene rings is 3. The zero-order valence-corrected chi connectivity index (χ0v) is 33.3. The molecule has 0 aromatic heterocycles. The molecule has 1 saturated heterocycles. The van der Waals surface area contributed by atoms with Crippen LogP contribution in [-0.4, -0.2) is 66.0 Å². The molecule has 7 atom stereocenters. The second kappa shape index (κ2) is 15.0. The minimum atomic E-state index is -0.584. The van der Waals surface area contributed by atoms with E-state index < -0.39 is 17.7 Å². The maximum atomic E-state index is 14.4. The Kier molecular flexibility index (Phi) is 10.6. The molecule has 4 fully saturated rings. The highest BCUT2D eigenvalue weighted by atomic mass is 16.7. The molecule has 3 aliphatic carbocycles. The first-order valence-electron chi connectivity index (χ1n) is 19.9. The topological polar surface area (TPSA) is 109 Å². The Morgan fingerprint density at radius 2 is 1.80 bits per heavy atom. The van der Waals surface area contributed by atoms with Crippen LogP contribution in [0.1, 0.15) is 88.4 Å². The van der Waals surface area contributed by atoms with Gasteiger partial charge in [0.2, 0.25) is 5.91 Å². The molecule has 3 N–H and O–H groups in total. The summed E-state index contributed by atoms with van der Waals surface area (Å²) in [5.74, 6) is 2.57. The average molecular weight is 738 g/mol. The molecule has 3 aromatic rings. The van der Waals surface area contributed by atoms with Gasteiger partial charge in [0.1, 0.15) is 29.2 Å². The van der Waals surface area contributed by atoms with Gasteiger partial charge < -0.3 is 25.2 Å². The van der Waals surface area contributed by atoms with Gasteiger partial charge in [-0.3, -0.25) is 14.4 Å². The second-order valence-electron chi connectivity index (χ2n) is 17.8. The summed E-state index contributed by atoms with van der Waals surface area (Å²) in [4.78, 5) is 34.6. The summed E-state index contributed by atoms with van der Waals surface area (Å²) in [7, 11) is 1.65. The normalized spacial score (nSPS) is 27.9. The fraction of sp³-hybridized carbons (Fsp3) is 0.556. The van der Waals surface area contributed by atoms with Crippen LogP contribution in [0.15, 0.2) is 60.7 Å². The Hall–Kier alpha value is -3.92. The molecule has 2 heterocycles. The molecule has 3 saturated carbocycles. The molecule has 2 amide bonds. The van der Waals surface area contributed by atoms with Crippen LogP contribution >= 0.6 is 0 Å². The smallest absolute Gasteiger partial charge is 0.255 e. The number of para-hydroxylation sites is 1. The average Bonchev–Trinajstić information content (AvgIpc) is 3.67. The van der Waals surface area contributed by atoms with Gasteiger partial charge in [-0.05, 0) is 91.0 Å². The molecule has 2 bridgehead atoms. The van der Waals surface area contributed by atoms with Crippen molar-refractivity contribution in [2.75, 3.05) is 20.3 Å². The molecule has 0 unspecified atom stereocenters.